The van der Waals surface area contributed by atoms with Crippen LogP contribution in [-0.4, -0.2) is 13.4 Å². The molecule has 0 atom stereocenters. The Labute approximate surface area is 119 Å². The lowest BCUT2D eigenvalue weighted by atomic mass is 10.2. The van der Waals surface area contributed by atoms with Gasteiger partial charge >= 0.3 is 6.18 Å². The van der Waals surface area contributed by atoms with Crippen LogP contribution >= 0.6 is 0 Å². The van der Waals surface area contributed by atoms with Gasteiger partial charge in [-0.2, -0.15) is 13.2 Å². The van der Waals surface area contributed by atoms with Gasteiger partial charge in [-0.25, -0.2) is 8.42 Å². The van der Waals surface area contributed by atoms with Crippen molar-refractivity contribution in [1.82, 2.24) is 4.98 Å². The first kappa shape index (κ1) is 15.5. The highest BCUT2D eigenvalue weighted by Gasteiger charge is 2.32. The Morgan fingerprint density at radius 1 is 1.10 bits per heavy atom. The maximum Gasteiger partial charge on any atom is 0.416 e. The average molecular weight is 316 g/mol. The zero-order valence-corrected chi connectivity index (χ0v) is 11.4. The molecule has 0 aliphatic heterocycles. The lowest BCUT2D eigenvalue weighted by molar-refractivity contribution is -0.137. The maximum atomic E-state index is 12.7. The van der Waals surface area contributed by atoms with Gasteiger partial charge in [-0.3, -0.25) is 4.98 Å². The molecule has 1 aromatic heterocycles. The highest BCUT2D eigenvalue weighted by atomic mass is 32.2. The van der Waals surface area contributed by atoms with Gasteiger partial charge in [0, 0.05) is 12.7 Å². The molecule has 0 saturated carbocycles. The second-order valence-corrected chi connectivity index (χ2v) is 6.17. The lowest BCUT2D eigenvalue weighted by Crippen LogP contribution is -2.09. The van der Waals surface area contributed by atoms with Crippen LogP contribution in [0.1, 0.15) is 11.3 Å². The van der Waals surface area contributed by atoms with Gasteiger partial charge in [0.05, 0.1) is 21.0 Å². The Bertz CT molecular complexity index is 758. The molecular formula is C13H11F3N2O2S. The van der Waals surface area contributed by atoms with Crippen molar-refractivity contribution in [2.24, 2.45) is 5.73 Å². The van der Waals surface area contributed by atoms with Crippen molar-refractivity contribution in [2.75, 3.05) is 0 Å². The number of hydrogen-bond acceptors (Lipinski definition) is 4. The predicted molar refractivity (Wildman–Crippen MR) is 69.0 cm³/mol. The van der Waals surface area contributed by atoms with Crippen LogP contribution in [0.3, 0.4) is 0 Å². The Hall–Kier alpha value is -1.93. The highest BCUT2D eigenvalue weighted by Crippen LogP contribution is 2.31. The molecule has 0 unspecified atom stereocenters. The van der Waals surface area contributed by atoms with E-state index in [1.54, 1.807) is 0 Å². The van der Waals surface area contributed by atoms with E-state index in [1.165, 1.54) is 18.3 Å². The number of nitrogens with zero attached hydrogens (tertiary/aromatic N) is 1. The van der Waals surface area contributed by atoms with Crippen molar-refractivity contribution >= 4 is 9.84 Å². The second kappa shape index (κ2) is 5.45. The van der Waals surface area contributed by atoms with Gasteiger partial charge in [-0.05, 0) is 30.3 Å². The van der Waals surface area contributed by atoms with Gasteiger partial charge < -0.3 is 5.73 Å². The van der Waals surface area contributed by atoms with Gasteiger partial charge in [-0.15, -0.1) is 0 Å². The molecule has 0 radical (unpaired) electrons. The summed E-state index contributed by atoms with van der Waals surface area (Å²) >= 11 is 0. The number of alkyl halides is 3. The first-order valence-corrected chi connectivity index (χ1v) is 7.31. The third kappa shape index (κ3) is 3.22. The van der Waals surface area contributed by atoms with Crippen LogP contribution in [-0.2, 0) is 22.6 Å². The van der Waals surface area contributed by atoms with E-state index in [4.69, 9.17) is 5.73 Å². The second-order valence-electron chi connectivity index (χ2n) is 4.22. The molecule has 8 heteroatoms. The Kier molecular flexibility index (Phi) is 4.02. The molecular weight excluding hydrogens is 305 g/mol. The largest absolute Gasteiger partial charge is 0.416 e. The van der Waals surface area contributed by atoms with E-state index in [2.05, 4.69) is 4.98 Å². The molecule has 0 spiro atoms. The van der Waals surface area contributed by atoms with Crippen LogP contribution in [0.5, 0.6) is 0 Å². The van der Waals surface area contributed by atoms with E-state index in [0.29, 0.717) is 11.8 Å². The summed E-state index contributed by atoms with van der Waals surface area (Å²) in [5.74, 6) is 0. The minimum Gasteiger partial charge on any atom is -0.325 e. The van der Waals surface area contributed by atoms with Crippen LogP contribution in [0.25, 0.3) is 0 Å². The van der Waals surface area contributed by atoms with E-state index in [9.17, 15) is 21.6 Å². The molecule has 0 saturated heterocycles. The summed E-state index contributed by atoms with van der Waals surface area (Å²) in [4.78, 5) is 3.29. The number of pyridine rings is 1. The Balaban J connectivity index is 2.54. The van der Waals surface area contributed by atoms with E-state index < -0.39 is 26.5 Å². The molecule has 1 aromatic carbocycles. The standard InChI is InChI=1S/C13H11F3N2O2S/c14-13(15,16)9-2-1-3-11(6-9)21(19,20)12-4-5-18-10(7-12)8-17/h1-7H,8,17H2. The molecule has 21 heavy (non-hydrogen) atoms. The fourth-order valence-corrected chi connectivity index (χ4v) is 3.05. The molecule has 0 amide bonds. The summed E-state index contributed by atoms with van der Waals surface area (Å²) in [6.07, 6.45) is -3.35. The van der Waals surface area contributed by atoms with Crippen molar-refractivity contribution in [3.05, 3.63) is 53.9 Å². The molecule has 0 aliphatic rings. The third-order valence-corrected chi connectivity index (χ3v) is 4.53. The highest BCUT2D eigenvalue weighted by molar-refractivity contribution is 7.91. The van der Waals surface area contributed by atoms with Gasteiger partial charge in [0.1, 0.15) is 0 Å². The number of sulfone groups is 1. The monoisotopic (exact) mass is 316 g/mol. The Morgan fingerprint density at radius 3 is 2.38 bits per heavy atom. The quantitative estimate of drug-likeness (QED) is 0.943. The molecule has 1 heterocycles. The molecule has 4 nitrogen and oxygen atoms in total. The van der Waals surface area contributed by atoms with Gasteiger partial charge in [-0.1, -0.05) is 6.07 Å². The molecule has 0 aliphatic carbocycles. The lowest BCUT2D eigenvalue weighted by Gasteiger charge is -2.10. The van der Waals surface area contributed by atoms with Gasteiger partial charge in [0.15, 0.2) is 0 Å². The molecule has 2 N–H and O–H groups in total. The summed E-state index contributed by atoms with van der Waals surface area (Å²) < 4.78 is 62.7. The third-order valence-electron chi connectivity index (χ3n) is 2.78. The van der Waals surface area contributed by atoms with Crippen molar-refractivity contribution in [3.63, 3.8) is 0 Å². The first-order valence-electron chi connectivity index (χ1n) is 5.82. The predicted octanol–water partition coefficient (Wildman–Crippen LogP) is 2.39. The maximum absolute atomic E-state index is 12.7. The van der Waals surface area contributed by atoms with E-state index in [-0.39, 0.29) is 11.4 Å². The van der Waals surface area contributed by atoms with Crippen molar-refractivity contribution in [2.45, 2.75) is 22.5 Å². The normalized spacial score (nSPS) is 12.4. The number of aromatic nitrogens is 1. The molecule has 112 valence electrons. The van der Waals surface area contributed by atoms with Crippen molar-refractivity contribution in [1.29, 1.82) is 0 Å². The van der Waals surface area contributed by atoms with Crippen LogP contribution in [0.15, 0.2) is 52.4 Å². The van der Waals surface area contributed by atoms with Crippen LogP contribution in [0, 0.1) is 0 Å². The number of nitrogens with two attached hydrogens (primary N) is 1. The number of halogens is 3. The molecule has 2 aromatic rings. The molecule has 2 rings (SSSR count). The zero-order valence-electron chi connectivity index (χ0n) is 10.6. The number of benzene rings is 1. The summed E-state index contributed by atoms with van der Waals surface area (Å²) in [6.45, 7) is 0.0337. The summed E-state index contributed by atoms with van der Waals surface area (Å²) in [5, 5.41) is 0. The first-order chi connectivity index (χ1) is 9.75. The van der Waals surface area contributed by atoms with E-state index in [1.807, 2.05) is 0 Å². The zero-order chi connectivity index (χ0) is 15.7. The average Bonchev–Trinajstić information content (AvgIpc) is 2.46. The fraction of sp³-hybridized carbons (Fsp3) is 0.154. The van der Waals surface area contributed by atoms with E-state index in [0.717, 1.165) is 18.2 Å². The molecule has 0 fully saturated rings. The van der Waals surface area contributed by atoms with Crippen LogP contribution in [0.4, 0.5) is 13.2 Å². The minimum atomic E-state index is -4.60. The smallest absolute Gasteiger partial charge is 0.325 e. The minimum absolute atomic E-state index is 0.0337. The van der Waals surface area contributed by atoms with Crippen LogP contribution in [0.2, 0.25) is 0 Å². The van der Waals surface area contributed by atoms with Crippen molar-refractivity contribution < 1.29 is 21.6 Å². The van der Waals surface area contributed by atoms with E-state index >= 15 is 0 Å². The van der Waals surface area contributed by atoms with Gasteiger partial charge in [0.25, 0.3) is 0 Å². The summed E-state index contributed by atoms with van der Waals surface area (Å²) in [6, 6.07) is 6.06. The van der Waals surface area contributed by atoms with Crippen molar-refractivity contribution in [3.8, 4) is 0 Å². The topological polar surface area (TPSA) is 73.1 Å². The van der Waals surface area contributed by atoms with Crippen LogP contribution < -0.4 is 5.73 Å². The SMILES string of the molecule is NCc1cc(S(=O)(=O)c2cccc(C(F)(F)F)c2)ccn1. The van der Waals surface area contributed by atoms with Gasteiger partial charge in [0.2, 0.25) is 9.84 Å². The molecule has 0 bridgehead atoms. The summed E-state index contributed by atoms with van der Waals surface area (Å²) in [5.41, 5.74) is 4.69. The summed E-state index contributed by atoms with van der Waals surface area (Å²) in [7, 11) is -4.05. The fourth-order valence-electron chi connectivity index (χ4n) is 1.71. The number of hydrogen-bond donors (Lipinski definition) is 1. The Morgan fingerprint density at radius 2 is 1.76 bits per heavy atom. The number of rotatable bonds is 3.